The van der Waals surface area contributed by atoms with E-state index in [0.29, 0.717) is 33.4 Å². The lowest BCUT2D eigenvalue weighted by atomic mass is 10.0. The first kappa shape index (κ1) is 19.1. The summed E-state index contributed by atoms with van der Waals surface area (Å²) in [6, 6.07) is 7.06. The van der Waals surface area contributed by atoms with Gasteiger partial charge >= 0.3 is 6.03 Å². The molecule has 2 aromatic heterocycles. The minimum Gasteiger partial charge on any atom is -0.307 e. The third kappa shape index (κ3) is 3.58. The van der Waals surface area contributed by atoms with Gasteiger partial charge in [0.2, 0.25) is 0 Å². The van der Waals surface area contributed by atoms with E-state index in [-0.39, 0.29) is 11.6 Å². The molecule has 0 saturated carbocycles. The van der Waals surface area contributed by atoms with Crippen molar-refractivity contribution >= 4 is 54.2 Å². The molecule has 1 aliphatic heterocycles. The first-order valence-corrected chi connectivity index (χ1v) is 10.9. The normalized spacial score (nSPS) is 16.5. The Hall–Kier alpha value is -2.19. The van der Waals surface area contributed by atoms with E-state index in [0.717, 1.165) is 35.1 Å². The number of hydrogen-bond donors (Lipinski definition) is 2. The van der Waals surface area contributed by atoms with Gasteiger partial charge in [0.1, 0.15) is 15.7 Å². The standard InChI is InChI=1S/C20H21BrN4O2S/c1-11-7-8-15-23-18-16(19(26)25(15)10-9-11)12(2)17(28-18)24-20(27)22-14-6-4-3-5-13(14)21/h3-6,11H,7-10H2,1-2H3,(H2,22,24,27). The zero-order valence-corrected chi connectivity index (χ0v) is 18.1. The zero-order chi connectivity index (χ0) is 19.8. The van der Waals surface area contributed by atoms with Crippen LogP contribution in [-0.2, 0) is 13.0 Å². The maximum absolute atomic E-state index is 13.1. The average molecular weight is 461 g/mol. The predicted octanol–water partition coefficient (Wildman–Crippen LogP) is 5.15. The van der Waals surface area contributed by atoms with Gasteiger partial charge in [0, 0.05) is 17.4 Å². The first-order chi connectivity index (χ1) is 13.4. The molecule has 1 aromatic carbocycles. The van der Waals surface area contributed by atoms with Crippen LogP contribution in [0.3, 0.4) is 0 Å². The molecule has 6 nitrogen and oxygen atoms in total. The molecule has 0 aliphatic carbocycles. The van der Waals surface area contributed by atoms with Gasteiger partial charge in [0.25, 0.3) is 5.56 Å². The number of aromatic nitrogens is 2. The topological polar surface area (TPSA) is 76.0 Å². The molecule has 0 saturated heterocycles. The number of amides is 2. The second-order valence-corrected chi connectivity index (χ2v) is 9.07. The van der Waals surface area contributed by atoms with Crippen LogP contribution in [0.4, 0.5) is 15.5 Å². The second kappa shape index (κ2) is 7.67. The van der Waals surface area contributed by atoms with Gasteiger partial charge in [-0.25, -0.2) is 9.78 Å². The second-order valence-electron chi connectivity index (χ2n) is 7.21. The Labute approximate surface area is 175 Å². The monoisotopic (exact) mass is 460 g/mol. The van der Waals surface area contributed by atoms with Crippen molar-refractivity contribution in [3.05, 3.63) is 50.5 Å². The Morgan fingerprint density at radius 1 is 1.29 bits per heavy atom. The van der Waals surface area contributed by atoms with E-state index < -0.39 is 0 Å². The van der Waals surface area contributed by atoms with Crippen LogP contribution >= 0.6 is 27.3 Å². The van der Waals surface area contributed by atoms with Crippen LogP contribution in [0.5, 0.6) is 0 Å². The molecule has 28 heavy (non-hydrogen) atoms. The maximum Gasteiger partial charge on any atom is 0.324 e. The molecule has 1 unspecified atom stereocenters. The van der Waals surface area contributed by atoms with Crippen molar-refractivity contribution in [3.63, 3.8) is 0 Å². The number of thiophene rings is 1. The number of anilines is 2. The predicted molar refractivity (Wildman–Crippen MR) is 118 cm³/mol. The summed E-state index contributed by atoms with van der Waals surface area (Å²) in [7, 11) is 0. The molecular formula is C20H21BrN4O2S. The highest BCUT2D eigenvalue weighted by molar-refractivity contribution is 9.10. The van der Waals surface area contributed by atoms with Crippen LogP contribution in [0.15, 0.2) is 33.5 Å². The fourth-order valence-electron chi connectivity index (χ4n) is 3.49. The Bertz CT molecular complexity index is 1120. The van der Waals surface area contributed by atoms with Gasteiger partial charge in [-0.2, -0.15) is 0 Å². The molecule has 2 N–H and O–H groups in total. The molecule has 8 heteroatoms. The SMILES string of the molecule is Cc1c(NC(=O)Nc2ccccc2Br)sc2nc3n(c(=O)c12)CCC(C)CC3. The number of carbonyl (C=O) groups is 1. The number of rotatable bonds is 2. The van der Waals surface area contributed by atoms with Crippen LogP contribution in [0.2, 0.25) is 0 Å². The summed E-state index contributed by atoms with van der Waals surface area (Å²) in [5.41, 5.74) is 1.45. The van der Waals surface area contributed by atoms with E-state index in [2.05, 4.69) is 33.5 Å². The number of hydrogen-bond acceptors (Lipinski definition) is 4. The molecule has 3 aromatic rings. The molecule has 1 aliphatic rings. The molecule has 2 amide bonds. The number of nitrogens with zero attached hydrogens (tertiary/aromatic N) is 2. The number of halogens is 1. The van der Waals surface area contributed by atoms with Crippen molar-refractivity contribution in [1.82, 2.24) is 9.55 Å². The summed E-state index contributed by atoms with van der Waals surface area (Å²) >= 11 is 4.77. The Balaban J connectivity index is 1.65. The van der Waals surface area contributed by atoms with Gasteiger partial charge in [0.15, 0.2) is 0 Å². The third-order valence-electron chi connectivity index (χ3n) is 5.18. The van der Waals surface area contributed by atoms with Crippen molar-refractivity contribution in [3.8, 4) is 0 Å². The molecule has 0 fully saturated rings. The molecular weight excluding hydrogens is 440 g/mol. The number of benzene rings is 1. The number of para-hydroxylation sites is 1. The van der Waals surface area contributed by atoms with Gasteiger partial charge < -0.3 is 5.32 Å². The molecule has 0 radical (unpaired) electrons. The van der Waals surface area contributed by atoms with E-state index >= 15 is 0 Å². The average Bonchev–Trinajstić information content (AvgIpc) is 2.83. The van der Waals surface area contributed by atoms with Crippen LogP contribution in [0, 0.1) is 12.8 Å². The highest BCUT2D eigenvalue weighted by Crippen LogP contribution is 2.33. The van der Waals surface area contributed by atoms with Crippen LogP contribution in [0.1, 0.15) is 31.2 Å². The highest BCUT2D eigenvalue weighted by Gasteiger charge is 2.21. The minimum absolute atomic E-state index is 0.00196. The number of aryl methyl sites for hydroxylation is 2. The summed E-state index contributed by atoms with van der Waals surface area (Å²) in [6.45, 7) is 4.79. The van der Waals surface area contributed by atoms with E-state index in [9.17, 15) is 9.59 Å². The van der Waals surface area contributed by atoms with Crippen molar-refractivity contribution in [1.29, 1.82) is 0 Å². The van der Waals surface area contributed by atoms with Gasteiger partial charge in [-0.1, -0.05) is 30.4 Å². The summed E-state index contributed by atoms with van der Waals surface area (Å²) in [4.78, 5) is 31.0. The molecule has 0 bridgehead atoms. The van der Waals surface area contributed by atoms with Crippen molar-refractivity contribution in [2.75, 3.05) is 10.6 Å². The first-order valence-electron chi connectivity index (χ1n) is 9.29. The maximum atomic E-state index is 13.1. The van der Waals surface area contributed by atoms with Crippen LogP contribution in [0.25, 0.3) is 10.2 Å². The highest BCUT2D eigenvalue weighted by atomic mass is 79.9. The summed E-state index contributed by atoms with van der Waals surface area (Å²) in [6.07, 6.45) is 2.85. The number of nitrogens with one attached hydrogen (secondary N) is 2. The molecule has 1 atom stereocenters. The van der Waals surface area contributed by atoms with Crippen LogP contribution < -0.4 is 16.2 Å². The van der Waals surface area contributed by atoms with E-state index in [1.807, 2.05) is 35.8 Å². The van der Waals surface area contributed by atoms with Gasteiger partial charge in [-0.05, 0) is 59.3 Å². The third-order valence-corrected chi connectivity index (χ3v) is 6.98. The van der Waals surface area contributed by atoms with E-state index in [1.165, 1.54) is 11.3 Å². The lowest BCUT2D eigenvalue weighted by Gasteiger charge is -2.09. The van der Waals surface area contributed by atoms with E-state index in [4.69, 9.17) is 4.98 Å². The number of urea groups is 1. The summed E-state index contributed by atoms with van der Waals surface area (Å²) in [5, 5.41) is 6.95. The fourth-order valence-corrected chi connectivity index (χ4v) is 4.96. The minimum atomic E-state index is -0.350. The van der Waals surface area contributed by atoms with Crippen molar-refractivity contribution in [2.24, 2.45) is 5.92 Å². The quantitative estimate of drug-likeness (QED) is 0.555. The summed E-state index contributed by atoms with van der Waals surface area (Å²) < 4.78 is 2.62. The number of fused-ring (bicyclic) bond motifs is 2. The van der Waals surface area contributed by atoms with Crippen molar-refractivity contribution < 1.29 is 4.79 Å². The van der Waals surface area contributed by atoms with E-state index in [1.54, 1.807) is 0 Å². The largest absolute Gasteiger partial charge is 0.324 e. The van der Waals surface area contributed by atoms with Gasteiger partial charge in [-0.15, -0.1) is 0 Å². The van der Waals surface area contributed by atoms with Gasteiger partial charge in [0.05, 0.1) is 11.1 Å². The lowest BCUT2D eigenvalue weighted by Crippen LogP contribution is -2.24. The molecule has 146 valence electrons. The smallest absolute Gasteiger partial charge is 0.307 e. The molecule has 0 spiro atoms. The summed E-state index contributed by atoms with van der Waals surface area (Å²) in [5.74, 6) is 1.45. The van der Waals surface area contributed by atoms with Gasteiger partial charge in [-0.3, -0.25) is 14.7 Å². The Kier molecular flexibility index (Phi) is 5.25. The molecule has 4 rings (SSSR count). The fraction of sp³-hybridized carbons (Fsp3) is 0.350. The Morgan fingerprint density at radius 3 is 2.86 bits per heavy atom. The lowest BCUT2D eigenvalue weighted by molar-refractivity contribution is 0.262. The zero-order valence-electron chi connectivity index (χ0n) is 15.7. The van der Waals surface area contributed by atoms with Crippen LogP contribution in [-0.4, -0.2) is 15.6 Å². The molecule has 3 heterocycles. The van der Waals surface area contributed by atoms with Crippen molar-refractivity contribution in [2.45, 2.75) is 39.7 Å². The Morgan fingerprint density at radius 2 is 2.07 bits per heavy atom. The number of carbonyl (C=O) groups excluding carboxylic acids is 1.